The van der Waals surface area contributed by atoms with Gasteiger partial charge in [-0.2, -0.15) is 0 Å². The Kier molecular flexibility index (Phi) is 5.39. The number of methoxy groups -OCH3 is 1. The van der Waals surface area contributed by atoms with Crippen LogP contribution >= 0.6 is 0 Å². The van der Waals surface area contributed by atoms with E-state index in [1.165, 1.54) is 0 Å². The van der Waals surface area contributed by atoms with Crippen molar-refractivity contribution in [3.63, 3.8) is 0 Å². The van der Waals surface area contributed by atoms with Crippen molar-refractivity contribution in [2.45, 2.75) is 44.8 Å². The Morgan fingerprint density at radius 2 is 2.26 bits per heavy atom. The standard InChI is InChI=1S/C18H30N2O3/c1-18(7-4-3-5-8-18)17(21)20-9-6-16-15(14-20)19(10-12-22-2)11-13-23-16/h3-4,15-16H,5-14H2,1-2H3/t15-,16-,18?/m0/s1. The number of likely N-dealkylation sites (tertiary alicyclic amines) is 1. The van der Waals surface area contributed by atoms with E-state index >= 15 is 0 Å². The number of amides is 1. The minimum Gasteiger partial charge on any atom is -0.383 e. The molecule has 0 bridgehead atoms. The fourth-order valence-corrected chi connectivity index (χ4v) is 4.15. The molecule has 0 spiro atoms. The van der Waals surface area contributed by atoms with Crippen LogP contribution in [0.25, 0.3) is 0 Å². The molecule has 5 heteroatoms. The van der Waals surface area contributed by atoms with E-state index in [2.05, 4.69) is 28.9 Å². The summed E-state index contributed by atoms with van der Waals surface area (Å²) in [4.78, 5) is 17.6. The second-order valence-corrected chi connectivity index (χ2v) is 7.32. The quantitative estimate of drug-likeness (QED) is 0.739. The van der Waals surface area contributed by atoms with Crippen LogP contribution in [0.5, 0.6) is 0 Å². The molecule has 0 aromatic carbocycles. The van der Waals surface area contributed by atoms with Gasteiger partial charge in [-0.15, -0.1) is 0 Å². The molecule has 0 radical (unpaired) electrons. The van der Waals surface area contributed by atoms with Gasteiger partial charge in [-0.25, -0.2) is 0 Å². The molecule has 2 heterocycles. The van der Waals surface area contributed by atoms with Gasteiger partial charge in [0, 0.05) is 33.3 Å². The van der Waals surface area contributed by atoms with Gasteiger partial charge in [0.2, 0.25) is 5.91 Å². The third-order valence-electron chi connectivity index (χ3n) is 5.68. The maximum Gasteiger partial charge on any atom is 0.228 e. The molecule has 2 saturated heterocycles. The van der Waals surface area contributed by atoms with Crippen molar-refractivity contribution >= 4 is 5.91 Å². The Balaban J connectivity index is 1.66. The fraction of sp³-hybridized carbons (Fsp3) is 0.833. The van der Waals surface area contributed by atoms with Gasteiger partial charge in [-0.1, -0.05) is 19.1 Å². The molecule has 0 N–H and O–H groups in total. The molecule has 2 fully saturated rings. The number of hydrogen-bond donors (Lipinski definition) is 0. The zero-order chi connectivity index (χ0) is 16.3. The molecule has 3 atom stereocenters. The lowest BCUT2D eigenvalue weighted by atomic mass is 9.77. The number of nitrogens with zero attached hydrogens (tertiary/aromatic N) is 2. The molecule has 23 heavy (non-hydrogen) atoms. The van der Waals surface area contributed by atoms with Gasteiger partial charge in [0.1, 0.15) is 0 Å². The Morgan fingerprint density at radius 3 is 3.00 bits per heavy atom. The van der Waals surface area contributed by atoms with E-state index in [0.717, 1.165) is 65.1 Å². The summed E-state index contributed by atoms with van der Waals surface area (Å²) >= 11 is 0. The van der Waals surface area contributed by atoms with Crippen molar-refractivity contribution in [3.8, 4) is 0 Å². The zero-order valence-corrected chi connectivity index (χ0v) is 14.5. The number of rotatable bonds is 4. The van der Waals surface area contributed by atoms with E-state index < -0.39 is 0 Å². The number of fused-ring (bicyclic) bond motifs is 1. The Labute approximate surface area is 139 Å². The first-order chi connectivity index (χ1) is 11.1. The highest BCUT2D eigenvalue weighted by atomic mass is 16.5. The minimum absolute atomic E-state index is 0.214. The summed E-state index contributed by atoms with van der Waals surface area (Å²) in [5.74, 6) is 0.331. The third kappa shape index (κ3) is 3.62. The molecule has 3 rings (SSSR count). The lowest BCUT2D eigenvalue weighted by Crippen LogP contribution is -2.62. The Hall–Kier alpha value is -0.910. The molecule has 5 nitrogen and oxygen atoms in total. The van der Waals surface area contributed by atoms with Gasteiger partial charge in [0.05, 0.1) is 30.8 Å². The van der Waals surface area contributed by atoms with E-state index in [-0.39, 0.29) is 11.5 Å². The molecular weight excluding hydrogens is 292 g/mol. The van der Waals surface area contributed by atoms with Crippen molar-refractivity contribution < 1.29 is 14.3 Å². The normalized spacial score (nSPS) is 35.1. The number of ether oxygens (including phenoxy) is 2. The first kappa shape index (κ1) is 16.9. The van der Waals surface area contributed by atoms with Gasteiger partial charge in [0.25, 0.3) is 0 Å². The summed E-state index contributed by atoms with van der Waals surface area (Å²) in [5, 5.41) is 0. The monoisotopic (exact) mass is 322 g/mol. The highest BCUT2D eigenvalue weighted by molar-refractivity contribution is 5.83. The number of hydrogen-bond acceptors (Lipinski definition) is 4. The topological polar surface area (TPSA) is 42.0 Å². The van der Waals surface area contributed by atoms with E-state index in [1.54, 1.807) is 7.11 Å². The lowest BCUT2D eigenvalue weighted by Gasteiger charge is -2.48. The van der Waals surface area contributed by atoms with E-state index in [4.69, 9.17) is 9.47 Å². The van der Waals surface area contributed by atoms with Crippen LogP contribution in [-0.4, -0.2) is 74.4 Å². The number of allylic oxidation sites excluding steroid dienone is 2. The molecule has 1 unspecified atom stereocenters. The summed E-state index contributed by atoms with van der Waals surface area (Å²) in [6.45, 7) is 7.14. The van der Waals surface area contributed by atoms with Crippen LogP contribution in [0.3, 0.4) is 0 Å². The summed E-state index contributed by atoms with van der Waals surface area (Å²) in [5.41, 5.74) is -0.214. The first-order valence-corrected chi connectivity index (χ1v) is 8.93. The van der Waals surface area contributed by atoms with Crippen molar-refractivity contribution in [1.29, 1.82) is 0 Å². The van der Waals surface area contributed by atoms with Crippen LogP contribution < -0.4 is 0 Å². The molecule has 130 valence electrons. The van der Waals surface area contributed by atoms with Crippen LogP contribution in [0.4, 0.5) is 0 Å². The molecule has 2 aliphatic heterocycles. The van der Waals surface area contributed by atoms with Crippen LogP contribution in [-0.2, 0) is 14.3 Å². The largest absolute Gasteiger partial charge is 0.383 e. The summed E-state index contributed by atoms with van der Waals surface area (Å²) in [6, 6.07) is 0.319. The second kappa shape index (κ2) is 7.32. The molecule has 0 aromatic rings. The fourth-order valence-electron chi connectivity index (χ4n) is 4.15. The molecule has 0 saturated carbocycles. The second-order valence-electron chi connectivity index (χ2n) is 7.32. The van der Waals surface area contributed by atoms with Gasteiger partial charge >= 0.3 is 0 Å². The van der Waals surface area contributed by atoms with Crippen molar-refractivity contribution in [2.24, 2.45) is 5.41 Å². The van der Waals surface area contributed by atoms with E-state index in [0.29, 0.717) is 11.9 Å². The summed E-state index contributed by atoms with van der Waals surface area (Å²) in [6.07, 6.45) is 8.45. The number of piperidine rings is 1. The molecule has 0 aromatic heterocycles. The maximum atomic E-state index is 13.1. The van der Waals surface area contributed by atoms with Crippen LogP contribution in [0.15, 0.2) is 12.2 Å². The van der Waals surface area contributed by atoms with E-state index in [9.17, 15) is 4.79 Å². The van der Waals surface area contributed by atoms with Gasteiger partial charge < -0.3 is 14.4 Å². The number of carbonyl (C=O) groups excluding carboxylic acids is 1. The van der Waals surface area contributed by atoms with Gasteiger partial charge in [-0.05, 0) is 25.7 Å². The van der Waals surface area contributed by atoms with Crippen molar-refractivity contribution in [2.75, 3.05) is 46.5 Å². The van der Waals surface area contributed by atoms with Crippen molar-refractivity contribution in [1.82, 2.24) is 9.80 Å². The number of carbonyl (C=O) groups is 1. The predicted molar refractivity (Wildman–Crippen MR) is 89.3 cm³/mol. The minimum atomic E-state index is -0.214. The number of morpholine rings is 1. The predicted octanol–water partition coefficient (Wildman–Crippen LogP) is 1.68. The van der Waals surface area contributed by atoms with Crippen molar-refractivity contribution in [3.05, 3.63) is 12.2 Å². The summed E-state index contributed by atoms with van der Waals surface area (Å²) < 4.78 is 11.2. The average molecular weight is 322 g/mol. The maximum absolute atomic E-state index is 13.1. The smallest absolute Gasteiger partial charge is 0.228 e. The van der Waals surface area contributed by atoms with Gasteiger partial charge in [0.15, 0.2) is 0 Å². The van der Waals surface area contributed by atoms with Crippen LogP contribution in [0.2, 0.25) is 0 Å². The molecule has 3 aliphatic rings. The molecule has 1 aliphatic carbocycles. The third-order valence-corrected chi connectivity index (χ3v) is 5.68. The Bertz CT molecular complexity index is 454. The lowest BCUT2D eigenvalue weighted by molar-refractivity contribution is -0.152. The highest BCUT2D eigenvalue weighted by Crippen LogP contribution is 2.35. The van der Waals surface area contributed by atoms with E-state index in [1.807, 2.05) is 0 Å². The average Bonchev–Trinajstić information content (AvgIpc) is 2.59. The molecule has 1 amide bonds. The summed E-state index contributed by atoms with van der Waals surface area (Å²) in [7, 11) is 1.74. The first-order valence-electron chi connectivity index (χ1n) is 8.93. The van der Waals surface area contributed by atoms with Crippen LogP contribution in [0, 0.1) is 5.41 Å². The zero-order valence-electron chi connectivity index (χ0n) is 14.5. The van der Waals surface area contributed by atoms with Gasteiger partial charge in [-0.3, -0.25) is 9.69 Å². The Morgan fingerprint density at radius 1 is 1.39 bits per heavy atom. The highest BCUT2D eigenvalue weighted by Gasteiger charge is 2.42. The molecular formula is C18H30N2O3. The SMILES string of the molecule is COCCN1CCO[C@H]2CCN(C(=O)C3(C)CC=CCC3)C[C@@H]21. The van der Waals surface area contributed by atoms with Crippen LogP contribution in [0.1, 0.15) is 32.6 Å².